The van der Waals surface area contributed by atoms with Gasteiger partial charge in [-0.1, -0.05) is 11.6 Å². The molecule has 0 unspecified atom stereocenters. The molecule has 2 aromatic rings. The number of hydrogen-bond acceptors (Lipinski definition) is 5. The van der Waals surface area contributed by atoms with E-state index in [1.54, 1.807) is 12.1 Å². The Labute approximate surface area is 138 Å². The number of methoxy groups -OCH3 is 1. The Balaban J connectivity index is 2.30. The monoisotopic (exact) mass is 385 g/mol. The van der Waals surface area contributed by atoms with Crippen molar-refractivity contribution >= 4 is 39.2 Å². The standard InChI is InChI=1S/C14H9BrClNO5/c1-21-13-4-2-8(6-11(13)17(19)20)14(18)22-12-5-3-9(16)7-10(12)15/h2-7H,1H3. The lowest BCUT2D eigenvalue weighted by Gasteiger charge is -2.07. The molecule has 6 nitrogen and oxygen atoms in total. The maximum absolute atomic E-state index is 12.1. The molecule has 0 amide bonds. The molecule has 0 aliphatic heterocycles. The topological polar surface area (TPSA) is 78.7 Å². The van der Waals surface area contributed by atoms with Crippen LogP contribution in [-0.2, 0) is 0 Å². The molecule has 0 saturated carbocycles. The van der Waals surface area contributed by atoms with Crippen molar-refractivity contribution < 1.29 is 19.2 Å². The zero-order valence-electron chi connectivity index (χ0n) is 11.2. The van der Waals surface area contributed by atoms with Crippen molar-refractivity contribution in [2.75, 3.05) is 7.11 Å². The third-order valence-corrected chi connectivity index (χ3v) is 3.56. The number of esters is 1. The van der Waals surface area contributed by atoms with Crippen LogP contribution < -0.4 is 9.47 Å². The van der Waals surface area contributed by atoms with Gasteiger partial charge in [-0.25, -0.2) is 4.79 Å². The number of hydrogen-bond donors (Lipinski definition) is 0. The Morgan fingerprint density at radius 2 is 1.91 bits per heavy atom. The average molecular weight is 387 g/mol. The first kappa shape index (κ1) is 16.3. The minimum Gasteiger partial charge on any atom is -0.490 e. The van der Waals surface area contributed by atoms with Gasteiger partial charge in [0.15, 0.2) is 5.75 Å². The van der Waals surface area contributed by atoms with Crippen molar-refractivity contribution in [1.29, 1.82) is 0 Å². The Hall–Kier alpha value is -2.12. The largest absolute Gasteiger partial charge is 0.490 e. The first-order valence-corrected chi connectivity index (χ1v) is 7.09. The molecular formula is C14H9BrClNO5. The van der Waals surface area contributed by atoms with Crippen LogP contribution in [0.3, 0.4) is 0 Å². The second-order valence-corrected chi connectivity index (χ2v) is 5.40. The first-order chi connectivity index (χ1) is 10.4. The van der Waals surface area contributed by atoms with E-state index in [1.165, 1.54) is 25.3 Å². The van der Waals surface area contributed by atoms with Crippen LogP contribution in [0.2, 0.25) is 5.02 Å². The van der Waals surface area contributed by atoms with Gasteiger partial charge in [-0.15, -0.1) is 0 Å². The highest BCUT2D eigenvalue weighted by Crippen LogP contribution is 2.30. The van der Waals surface area contributed by atoms with Crippen molar-refractivity contribution in [2.24, 2.45) is 0 Å². The number of nitro groups is 1. The predicted molar refractivity (Wildman–Crippen MR) is 83.8 cm³/mol. The van der Waals surface area contributed by atoms with Crippen LogP contribution in [0.25, 0.3) is 0 Å². The minimum absolute atomic E-state index is 0.0364. The smallest absolute Gasteiger partial charge is 0.343 e. The van der Waals surface area contributed by atoms with Crippen LogP contribution in [0, 0.1) is 10.1 Å². The average Bonchev–Trinajstić information content (AvgIpc) is 2.49. The van der Waals surface area contributed by atoms with Gasteiger partial charge in [-0.3, -0.25) is 10.1 Å². The fraction of sp³-hybridized carbons (Fsp3) is 0.0714. The number of benzene rings is 2. The van der Waals surface area contributed by atoms with Crippen LogP contribution in [0.5, 0.6) is 11.5 Å². The van der Waals surface area contributed by atoms with Gasteiger partial charge in [0.2, 0.25) is 0 Å². The molecule has 0 aromatic heterocycles. The molecule has 0 radical (unpaired) electrons. The fourth-order valence-electron chi connectivity index (χ4n) is 1.68. The van der Waals surface area contributed by atoms with E-state index < -0.39 is 10.9 Å². The van der Waals surface area contributed by atoms with Gasteiger partial charge >= 0.3 is 11.7 Å². The third-order valence-electron chi connectivity index (χ3n) is 2.71. The van der Waals surface area contributed by atoms with E-state index in [4.69, 9.17) is 21.1 Å². The predicted octanol–water partition coefficient (Wildman–Crippen LogP) is 4.24. The van der Waals surface area contributed by atoms with E-state index in [-0.39, 0.29) is 22.7 Å². The Bertz CT molecular complexity index is 750. The normalized spacial score (nSPS) is 10.1. The molecule has 0 aliphatic carbocycles. The van der Waals surface area contributed by atoms with E-state index in [0.717, 1.165) is 6.07 Å². The maximum Gasteiger partial charge on any atom is 0.343 e. The van der Waals surface area contributed by atoms with Gasteiger partial charge in [0, 0.05) is 11.1 Å². The minimum atomic E-state index is -0.728. The van der Waals surface area contributed by atoms with Gasteiger partial charge in [0.25, 0.3) is 0 Å². The SMILES string of the molecule is COc1ccc(C(=O)Oc2ccc(Cl)cc2Br)cc1[N+](=O)[O-]. The van der Waals surface area contributed by atoms with Gasteiger partial charge in [-0.05, 0) is 46.3 Å². The highest BCUT2D eigenvalue weighted by atomic mass is 79.9. The fourth-order valence-corrected chi connectivity index (χ4v) is 2.44. The molecule has 0 atom stereocenters. The van der Waals surface area contributed by atoms with E-state index in [2.05, 4.69) is 15.9 Å². The molecule has 0 heterocycles. The first-order valence-electron chi connectivity index (χ1n) is 5.92. The van der Waals surface area contributed by atoms with E-state index in [1.807, 2.05) is 0 Å². The van der Waals surface area contributed by atoms with Crippen molar-refractivity contribution in [3.05, 3.63) is 61.6 Å². The number of rotatable bonds is 4. The molecule has 22 heavy (non-hydrogen) atoms. The summed E-state index contributed by atoms with van der Waals surface area (Å²) in [7, 11) is 1.31. The van der Waals surface area contributed by atoms with Crippen LogP contribution in [-0.4, -0.2) is 18.0 Å². The number of nitrogens with zero attached hydrogens (tertiary/aromatic N) is 1. The molecular weight excluding hydrogens is 378 g/mol. The molecule has 0 N–H and O–H groups in total. The number of halogens is 2. The summed E-state index contributed by atoms with van der Waals surface area (Å²) in [5.74, 6) is -0.407. The van der Waals surface area contributed by atoms with Crippen molar-refractivity contribution in [1.82, 2.24) is 0 Å². The molecule has 2 rings (SSSR count). The Morgan fingerprint density at radius 1 is 1.23 bits per heavy atom. The molecule has 2 aromatic carbocycles. The summed E-state index contributed by atoms with van der Waals surface area (Å²) in [6, 6.07) is 8.48. The lowest BCUT2D eigenvalue weighted by molar-refractivity contribution is -0.385. The van der Waals surface area contributed by atoms with Crippen LogP contribution >= 0.6 is 27.5 Å². The van der Waals surface area contributed by atoms with Gasteiger partial charge < -0.3 is 9.47 Å². The van der Waals surface area contributed by atoms with Gasteiger partial charge in [0.05, 0.1) is 22.1 Å². The molecule has 8 heteroatoms. The van der Waals surface area contributed by atoms with Crippen molar-refractivity contribution in [3.8, 4) is 11.5 Å². The molecule has 0 spiro atoms. The zero-order valence-corrected chi connectivity index (χ0v) is 13.6. The highest BCUT2D eigenvalue weighted by molar-refractivity contribution is 9.10. The number of nitro benzene ring substituents is 1. The molecule has 0 aliphatic rings. The lowest BCUT2D eigenvalue weighted by atomic mass is 10.2. The third kappa shape index (κ3) is 3.55. The van der Waals surface area contributed by atoms with E-state index in [9.17, 15) is 14.9 Å². The zero-order chi connectivity index (χ0) is 16.3. The number of carbonyl (C=O) groups excluding carboxylic acids is 1. The van der Waals surface area contributed by atoms with Crippen molar-refractivity contribution in [2.45, 2.75) is 0 Å². The molecule has 114 valence electrons. The molecule has 0 saturated heterocycles. The summed E-state index contributed by atoms with van der Waals surface area (Å²) in [5.41, 5.74) is -0.276. The van der Waals surface area contributed by atoms with Crippen molar-refractivity contribution in [3.63, 3.8) is 0 Å². The van der Waals surface area contributed by atoms with Crippen LogP contribution in [0.15, 0.2) is 40.9 Å². The summed E-state index contributed by atoms with van der Waals surface area (Å²) in [4.78, 5) is 22.4. The summed E-state index contributed by atoms with van der Waals surface area (Å²) < 4.78 is 10.6. The Kier molecular flexibility index (Phi) is 4.99. The van der Waals surface area contributed by atoms with E-state index in [0.29, 0.717) is 9.50 Å². The summed E-state index contributed by atoms with van der Waals surface area (Å²) in [6.45, 7) is 0. The number of carbonyl (C=O) groups is 1. The van der Waals surface area contributed by atoms with E-state index >= 15 is 0 Å². The summed E-state index contributed by atoms with van der Waals surface area (Å²) >= 11 is 9.02. The van der Waals surface area contributed by atoms with Gasteiger partial charge in [-0.2, -0.15) is 0 Å². The van der Waals surface area contributed by atoms with Crippen LogP contribution in [0.1, 0.15) is 10.4 Å². The second-order valence-electron chi connectivity index (χ2n) is 4.11. The summed E-state index contributed by atoms with van der Waals surface area (Å²) in [5, 5.41) is 11.4. The number of ether oxygens (including phenoxy) is 2. The van der Waals surface area contributed by atoms with Crippen LogP contribution in [0.4, 0.5) is 5.69 Å². The maximum atomic E-state index is 12.1. The second kappa shape index (κ2) is 6.76. The quantitative estimate of drug-likeness (QED) is 0.340. The lowest BCUT2D eigenvalue weighted by Crippen LogP contribution is -2.09. The van der Waals surface area contributed by atoms with Gasteiger partial charge in [0.1, 0.15) is 5.75 Å². The summed E-state index contributed by atoms with van der Waals surface area (Å²) in [6.07, 6.45) is 0. The highest BCUT2D eigenvalue weighted by Gasteiger charge is 2.19. The molecule has 0 fully saturated rings. The Morgan fingerprint density at radius 3 is 2.50 bits per heavy atom. The molecule has 0 bridgehead atoms.